The minimum absolute atomic E-state index is 0.0845. The molecule has 6 atom stereocenters. The molecule has 2 saturated carbocycles. The number of fused-ring (bicyclic) bond motifs is 1. The third-order valence-electron chi connectivity index (χ3n) is 7.77. The Labute approximate surface area is 154 Å². The van der Waals surface area contributed by atoms with Crippen LogP contribution in [0, 0.1) is 23.2 Å². The van der Waals surface area contributed by atoms with Gasteiger partial charge in [0.2, 0.25) is 0 Å². The van der Waals surface area contributed by atoms with Crippen molar-refractivity contribution in [2.75, 3.05) is 0 Å². The average molecular weight is 371 g/mol. The zero-order valence-electron chi connectivity index (χ0n) is 17.1. The lowest BCUT2D eigenvalue weighted by atomic mass is 9.61. The SMILES string of the molecule is C[C@H]([C@H](O)C(=O)O)[C@H]1CC[C@H]2[C@@H](O[Si](C)(C)C(C)(C)C)CCC[C@]12C. The molecule has 25 heavy (non-hydrogen) atoms. The summed E-state index contributed by atoms with van der Waals surface area (Å²) < 4.78 is 6.82. The molecular formula is C20H38O4Si. The molecule has 2 rings (SSSR count). The maximum absolute atomic E-state index is 11.3. The second kappa shape index (κ2) is 6.97. The van der Waals surface area contributed by atoms with Crippen molar-refractivity contribution >= 4 is 14.3 Å². The number of carboxylic acids is 1. The molecule has 2 aliphatic rings. The van der Waals surface area contributed by atoms with E-state index in [4.69, 9.17) is 4.43 Å². The normalized spacial score (nSPS) is 35.9. The summed E-state index contributed by atoms with van der Waals surface area (Å²) >= 11 is 0. The van der Waals surface area contributed by atoms with Crippen LogP contribution in [-0.4, -0.2) is 36.7 Å². The van der Waals surface area contributed by atoms with Gasteiger partial charge in [0, 0.05) is 6.10 Å². The highest BCUT2D eigenvalue weighted by atomic mass is 28.4. The summed E-state index contributed by atoms with van der Waals surface area (Å²) in [5, 5.41) is 19.5. The van der Waals surface area contributed by atoms with E-state index >= 15 is 0 Å². The Morgan fingerprint density at radius 1 is 1.24 bits per heavy atom. The Bertz CT molecular complexity index is 498. The van der Waals surface area contributed by atoms with E-state index < -0.39 is 20.4 Å². The van der Waals surface area contributed by atoms with E-state index in [0.717, 1.165) is 32.1 Å². The topological polar surface area (TPSA) is 66.8 Å². The molecule has 0 bridgehead atoms. The molecule has 0 unspecified atom stereocenters. The lowest BCUT2D eigenvalue weighted by Gasteiger charge is -2.50. The first-order chi connectivity index (χ1) is 11.3. The van der Waals surface area contributed by atoms with Gasteiger partial charge < -0.3 is 14.6 Å². The van der Waals surface area contributed by atoms with Gasteiger partial charge in [-0.05, 0) is 67.0 Å². The number of hydrogen-bond acceptors (Lipinski definition) is 3. The van der Waals surface area contributed by atoms with Crippen molar-refractivity contribution in [3.05, 3.63) is 0 Å². The van der Waals surface area contributed by atoms with Gasteiger partial charge in [0.05, 0.1) is 0 Å². The van der Waals surface area contributed by atoms with Crippen LogP contribution in [0.25, 0.3) is 0 Å². The Hall–Kier alpha value is -0.393. The first-order valence-electron chi connectivity index (χ1n) is 9.90. The summed E-state index contributed by atoms with van der Waals surface area (Å²) in [7, 11) is -1.82. The third kappa shape index (κ3) is 3.84. The molecule has 0 aromatic carbocycles. The fraction of sp³-hybridized carbons (Fsp3) is 0.950. The molecule has 5 heteroatoms. The summed E-state index contributed by atoms with van der Waals surface area (Å²) in [5.74, 6) is -0.554. The van der Waals surface area contributed by atoms with Crippen LogP contribution in [0.5, 0.6) is 0 Å². The van der Waals surface area contributed by atoms with Crippen LogP contribution in [0.2, 0.25) is 18.1 Å². The third-order valence-corrected chi connectivity index (χ3v) is 12.3. The van der Waals surface area contributed by atoms with Crippen LogP contribution in [0.15, 0.2) is 0 Å². The smallest absolute Gasteiger partial charge is 0.332 e. The monoisotopic (exact) mass is 370 g/mol. The maximum atomic E-state index is 11.3. The molecule has 146 valence electrons. The molecule has 4 nitrogen and oxygen atoms in total. The van der Waals surface area contributed by atoms with Gasteiger partial charge in [-0.3, -0.25) is 0 Å². The van der Waals surface area contributed by atoms with E-state index in [-0.39, 0.29) is 22.3 Å². The fourth-order valence-electron chi connectivity index (χ4n) is 5.16. The van der Waals surface area contributed by atoms with Gasteiger partial charge in [-0.25, -0.2) is 4.79 Å². The number of aliphatic hydroxyl groups excluding tert-OH is 1. The van der Waals surface area contributed by atoms with E-state index in [1.54, 1.807) is 0 Å². The summed E-state index contributed by atoms with van der Waals surface area (Å²) in [4.78, 5) is 11.3. The molecule has 2 N–H and O–H groups in total. The maximum Gasteiger partial charge on any atom is 0.332 e. The van der Waals surface area contributed by atoms with Crippen LogP contribution in [-0.2, 0) is 9.22 Å². The van der Waals surface area contributed by atoms with Gasteiger partial charge in [-0.15, -0.1) is 0 Å². The molecule has 0 aliphatic heterocycles. The van der Waals surface area contributed by atoms with Crippen LogP contribution < -0.4 is 0 Å². The Balaban J connectivity index is 2.20. The highest BCUT2D eigenvalue weighted by molar-refractivity contribution is 6.74. The predicted octanol–water partition coefficient (Wildman–Crippen LogP) is 4.67. The van der Waals surface area contributed by atoms with E-state index in [1.807, 2.05) is 6.92 Å². The van der Waals surface area contributed by atoms with Gasteiger partial charge in [-0.2, -0.15) is 0 Å². The predicted molar refractivity (Wildman–Crippen MR) is 103 cm³/mol. The average Bonchev–Trinajstić information content (AvgIpc) is 2.82. The summed E-state index contributed by atoms with van der Waals surface area (Å²) in [6, 6.07) is 0. The second-order valence-corrected chi connectivity index (χ2v) is 15.0. The first kappa shape index (κ1) is 20.9. The highest BCUT2D eigenvalue weighted by Gasteiger charge is 2.55. The molecule has 0 aromatic rings. The molecule has 0 saturated heterocycles. The summed E-state index contributed by atoms with van der Waals surface area (Å²) in [6.07, 6.45) is 4.51. The summed E-state index contributed by atoms with van der Waals surface area (Å²) in [5.41, 5.74) is 0.0845. The molecule has 0 amide bonds. The number of hydrogen-bond donors (Lipinski definition) is 2. The Morgan fingerprint density at radius 3 is 2.36 bits per heavy atom. The zero-order valence-corrected chi connectivity index (χ0v) is 18.1. The van der Waals surface area contributed by atoms with Crippen molar-refractivity contribution in [3.8, 4) is 0 Å². The second-order valence-electron chi connectivity index (χ2n) is 10.2. The van der Waals surface area contributed by atoms with E-state index in [9.17, 15) is 15.0 Å². The number of rotatable bonds is 5. The highest BCUT2D eigenvalue weighted by Crippen LogP contribution is 2.59. The van der Waals surface area contributed by atoms with E-state index in [2.05, 4.69) is 40.8 Å². The van der Waals surface area contributed by atoms with Crippen molar-refractivity contribution in [2.45, 2.75) is 97.1 Å². The number of aliphatic carboxylic acids is 1. The van der Waals surface area contributed by atoms with Crippen molar-refractivity contribution < 1.29 is 19.4 Å². The minimum Gasteiger partial charge on any atom is -0.479 e. The molecule has 0 radical (unpaired) electrons. The van der Waals surface area contributed by atoms with Crippen molar-refractivity contribution in [3.63, 3.8) is 0 Å². The van der Waals surface area contributed by atoms with Crippen molar-refractivity contribution in [1.29, 1.82) is 0 Å². The standard InChI is InChI=1S/C20H38O4Si/c1-13(17(21)18(22)23)14-10-11-15-16(9-8-12-20(14,15)5)24-25(6,7)19(2,3)4/h13-17,21H,8-12H2,1-7H3,(H,22,23)/t13-,14+,15-,16-,17-,20+/m0/s1. The molecule has 0 heterocycles. The number of carbonyl (C=O) groups is 1. The minimum atomic E-state index is -1.82. The van der Waals surface area contributed by atoms with Crippen LogP contribution in [0.4, 0.5) is 0 Å². The molecular weight excluding hydrogens is 332 g/mol. The summed E-state index contributed by atoms with van der Waals surface area (Å²) in [6.45, 7) is 15.7. The van der Waals surface area contributed by atoms with Gasteiger partial charge in [0.1, 0.15) is 0 Å². The van der Waals surface area contributed by atoms with Crippen LogP contribution in [0.1, 0.15) is 66.7 Å². The molecule has 0 spiro atoms. The van der Waals surface area contributed by atoms with Gasteiger partial charge in [0.15, 0.2) is 14.4 Å². The molecule has 2 aliphatic carbocycles. The molecule has 0 aromatic heterocycles. The van der Waals surface area contributed by atoms with Crippen molar-refractivity contribution in [2.24, 2.45) is 23.2 Å². The Kier molecular flexibility index (Phi) is 5.83. The lowest BCUT2D eigenvalue weighted by molar-refractivity contribution is -0.152. The lowest BCUT2D eigenvalue weighted by Crippen LogP contribution is -2.50. The first-order valence-corrected chi connectivity index (χ1v) is 12.8. The van der Waals surface area contributed by atoms with Gasteiger partial charge >= 0.3 is 5.97 Å². The quantitative estimate of drug-likeness (QED) is 0.690. The number of carboxylic acid groups (broad SMARTS) is 1. The van der Waals surface area contributed by atoms with Crippen LogP contribution in [0.3, 0.4) is 0 Å². The van der Waals surface area contributed by atoms with Gasteiger partial charge in [-0.1, -0.05) is 41.0 Å². The Morgan fingerprint density at radius 2 is 1.84 bits per heavy atom. The molecule has 2 fully saturated rings. The zero-order chi connectivity index (χ0) is 19.2. The number of aliphatic hydroxyl groups is 1. The van der Waals surface area contributed by atoms with E-state index in [1.165, 1.54) is 0 Å². The van der Waals surface area contributed by atoms with Crippen molar-refractivity contribution in [1.82, 2.24) is 0 Å². The van der Waals surface area contributed by atoms with E-state index in [0.29, 0.717) is 12.0 Å². The largest absolute Gasteiger partial charge is 0.479 e. The van der Waals surface area contributed by atoms with Crippen LogP contribution >= 0.6 is 0 Å². The van der Waals surface area contributed by atoms with Gasteiger partial charge in [0.25, 0.3) is 0 Å². The fourth-order valence-corrected chi connectivity index (χ4v) is 6.56.